The topological polar surface area (TPSA) is 68.7 Å². The van der Waals surface area contributed by atoms with Crippen LogP contribution in [0.25, 0.3) is 0 Å². The fourth-order valence-corrected chi connectivity index (χ4v) is 1.54. The third-order valence-electron chi connectivity index (χ3n) is 2.53. The second-order valence-electron chi connectivity index (χ2n) is 3.77. The van der Waals surface area contributed by atoms with E-state index in [1.807, 2.05) is 0 Å². The summed E-state index contributed by atoms with van der Waals surface area (Å²) in [5, 5.41) is 9.04. The van der Waals surface area contributed by atoms with E-state index in [9.17, 15) is 4.79 Å². The van der Waals surface area contributed by atoms with Crippen molar-refractivity contribution in [2.45, 2.75) is 6.61 Å². The van der Waals surface area contributed by atoms with Gasteiger partial charge in [-0.05, 0) is 29.8 Å². The Morgan fingerprint density at radius 3 is 2.58 bits per heavy atom. The van der Waals surface area contributed by atoms with Gasteiger partial charge in [0.2, 0.25) is 0 Å². The lowest BCUT2D eigenvalue weighted by atomic mass is 10.2. The van der Waals surface area contributed by atoms with Gasteiger partial charge in [-0.25, -0.2) is 4.79 Å². The molecule has 1 N–H and O–H groups in total. The van der Waals surface area contributed by atoms with Gasteiger partial charge in [-0.2, -0.15) is 0 Å². The molecule has 0 bridgehead atoms. The van der Waals surface area contributed by atoms with Crippen LogP contribution in [0.4, 0.5) is 0 Å². The largest absolute Gasteiger partial charge is 0.493 e. The van der Waals surface area contributed by atoms with Gasteiger partial charge in [-0.1, -0.05) is 6.07 Å². The fraction of sp³-hybridized carbons (Fsp3) is 0.143. The SMILES string of the molecule is COc1cc(CO)ccc1OC(=O)c1ccncc1. The molecule has 1 heterocycles. The number of aromatic nitrogens is 1. The number of benzene rings is 1. The molecule has 0 aliphatic carbocycles. The van der Waals surface area contributed by atoms with E-state index in [1.54, 1.807) is 30.3 Å². The average Bonchev–Trinajstić information content (AvgIpc) is 2.48. The molecule has 1 aromatic carbocycles. The molecule has 1 aromatic heterocycles. The number of esters is 1. The summed E-state index contributed by atoms with van der Waals surface area (Å²) < 4.78 is 10.4. The summed E-state index contributed by atoms with van der Waals surface area (Å²) in [6.07, 6.45) is 3.03. The van der Waals surface area contributed by atoms with Gasteiger partial charge in [0.25, 0.3) is 0 Å². The number of methoxy groups -OCH3 is 1. The fourth-order valence-electron chi connectivity index (χ4n) is 1.54. The van der Waals surface area contributed by atoms with Crippen molar-refractivity contribution < 1.29 is 19.4 Å². The van der Waals surface area contributed by atoms with Crippen LogP contribution in [0.2, 0.25) is 0 Å². The number of aliphatic hydroxyl groups excluding tert-OH is 1. The lowest BCUT2D eigenvalue weighted by molar-refractivity contribution is 0.0729. The molecule has 0 amide bonds. The van der Waals surface area contributed by atoms with Gasteiger partial charge < -0.3 is 14.6 Å². The zero-order valence-electron chi connectivity index (χ0n) is 10.4. The normalized spacial score (nSPS) is 10.0. The highest BCUT2D eigenvalue weighted by atomic mass is 16.6. The molecule has 0 saturated heterocycles. The maximum absolute atomic E-state index is 11.9. The molecular formula is C14H13NO4. The number of hydrogen-bond donors (Lipinski definition) is 1. The zero-order valence-corrected chi connectivity index (χ0v) is 10.4. The Kier molecular flexibility index (Phi) is 4.10. The van der Waals surface area contributed by atoms with Gasteiger partial charge in [0.1, 0.15) is 0 Å². The first-order valence-electron chi connectivity index (χ1n) is 5.64. The van der Waals surface area contributed by atoms with Crippen LogP contribution in [0.15, 0.2) is 42.7 Å². The summed E-state index contributed by atoms with van der Waals surface area (Å²) >= 11 is 0. The molecular weight excluding hydrogens is 246 g/mol. The summed E-state index contributed by atoms with van der Waals surface area (Å²) in [4.78, 5) is 15.7. The van der Waals surface area contributed by atoms with Crippen LogP contribution in [0.1, 0.15) is 15.9 Å². The van der Waals surface area contributed by atoms with Gasteiger partial charge in [-0.15, -0.1) is 0 Å². The molecule has 2 aromatic rings. The molecule has 98 valence electrons. The van der Waals surface area contributed by atoms with Crippen molar-refractivity contribution in [2.24, 2.45) is 0 Å². The summed E-state index contributed by atoms with van der Waals surface area (Å²) in [5.41, 5.74) is 1.09. The number of rotatable bonds is 4. The van der Waals surface area contributed by atoms with Gasteiger partial charge in [0.05, 0.1) is 19.3 Å². The average molecular weight is 259 g/mol. The number of carbonyl (C=O) groups excluding carboxylic acids is 1. The van der Waals surface area contributed by atoms with Crippen molar-refractivity contribution in [3.05, 3.63) is 53.9 Å². The lowest BCUT2D eigenvalue weighted by Gasteiger charge is -2.10. The predicted octanol–water partition coefficient (Wildman–Crippen LogP) is 1.80. The molecule has 5 heteroatoms. The number of ether oxygens (including phenoxy) is 2. The minimum absolute atomic E-state index is 0.102. The van der Waals surface area contributed by atoms with Crippen LogP contribution in [0.5, 0.6) is 11.5 Å². The van der Waals surface area contributed by atoms with Crippen LogP contribution in [0.3, 0.4) is 0 Å². The van der Waals surface area contributed by atoms with E-state index in [-0.39, 0.29) is 6.61 Å². The van der Waals surface area contributed by atoms with Crippen molar-refractivity contribution in [3.63, 3.8) is 0 Å². The van der Waals surface area contributed by atoms with E-state index in [0.717, 1.165) is 0 Å². The number of carbonyl (C=O) groups is 1. The monoisotopic (exact) mass is 259 g/mol. The smallest absolute Gasteiger partial charge is 0.343 e. The van der Waals surface area contributed by atoms with Gasteiger partial charge in [0, 0.05) is 12.4 Å². The standard InChI is InChI=1S/C14H13NO4/c1-18-13-8-10(9-16)2-3-12(13)19-14(17)11-4-6-15-7-5-11/h2-8,16H,9H2,1H3. The third kappa shape index (κ3) is 3.08. The first-order valence-corrected chi connectivity index (χ1v) is 5.64. The van der Waals surface area contributed by atoms with Crippen molar-refractivity contribution >= 4 is 5.97 Å². The highest BCUT2D eigenvalue weighted by molar-refractivity contribution is 5.91. The van der Waals surface area contributed by atoms with Gasteiger partial charge in [-0.3, -0.25) is 4.98 Å². The zero-order chi connectivity index (χ0) is 13.7. The highest BCUT2D eigenvalue weighted by Crippen LogP contribution is 2.28. The molecule has 0 aliphatic heterocycles. The van der Waals surface area contributed by atoms with Crippen molar-refractivity contribution in [3.8, 4) is 11.5 Å². The van der Waals surface area contributed by atoms with E-state index < -0.39 is 5.97 Å². The minimum atomic E-state index is -0.488. The second kappa shape index (κ2) is 5.97. The van der Waals surface area contributed by atoms with E-state index in [4.69, 9.17) is 14.6 Å². The molecule has 2 rings (SSSR count). The van der Waals surface area contributed by atoms with Crippen molar-refractivity contribution in [1.82, 2.24) is 4.98 Å². The number of hydrogen-bond acceptors (Lipinski definition) is 5. The number of nitrogens with zero attached hydrogens (tertiary/aromatic N) is 1. The molecule has 0 unspecified atom stereocenters. The maximum Gasteiger partial charge on any atom is 0.343 e. The Hall–Kier alpha value is -2.40. The molecule has 0 spiro atoms. The first-order chi connectivity index (χ1) is 9.24. The molecule has 5 nitrogen and oxygen atoms in total. The molecule has 0 atom stereocenters. The van der Waals surface area contributed by atoms with Crippen LogP contribution in [-0.2, 0) is 6.61 Å². The molecule has 0 radical (unpaired) electrons. The molecule has 0 saturated carbocycles. The minimum Gasteiger partial charge on any atom is -0.493 e. The van der Waals surface area contributed by atoms with Crippen LogP contribution >= 0.6 is 0 Å². The highest BCUT2D eigenvalue weighted by Gasteiger charge is 2.12. The molecule has 19 heavy (non-hydrogen) atoms. The Morgan fingerprint density at radius 2 is 1.95 bits per heavy atom. The van der Waals surface area contributed by atoms with E-state index in [0.29, 0.717) is 22.6 Å². The maximum atomic E-state index is 11.9. The number of aliphatic hydroxyl groups is 1. The van der Waals surface area contributed by atoms with Gasteiger partial charge >= 0.3 is 5.97 Å². The van der Waals surface area contributed by atoms with Crippen LogP contribution in [-0.4, -0.2) is 23.2 Å². The lowest BCUT2D eigenvalue weighted by Crippen LogP contribution is -2.09. The molecule has 0 fully saturated rings. The van der Waals surface area contributed by atoms with Crippen molar-refractivity contribution in [2.75, 3.05) is 7.11 Å². The van der Waals surface area contributed by atoms with Gasteiger partial charge in [0.15, 0.2) is 11.5 Å². The van der Waals surface area contributed by atoms with E-state index in [1.165, 1.54) is 19.5 Å². The van der Waals surface area contributed by atoms with Crippen LogP contribution in [0, 0.1) is 0 Å². The van der Waals surface area contributed by atoms with E-state index in [2.05, 4.69) is 4.98 Å². The quantitative estimate of drug-likeness (QED) is 0.669. The Labute approximate surface area is 110 Å². The molecule has 0 aliphatic rings. The Bertz CT molecular complexity index is 569. The van der Waals surface area contributed by atoms with Crippen LogP contribution < -0.4 is 9.47 Å². The summed E-state index contributed by atoms with van der Waals surface area (Å²) in [6, 6.07) is 8.00. The summed E-state index contributed by atoms with van der Waals surface area (Å²) in [5.74, 6) is 0.216. The Morgan fingerprint density at radius 1 is 1.21 bits per heavy atom. The first kappa shape index (κ1) is 13.0. The third-order valence-corrected chi connectivity index (χ3v) is 2.53. The van der Waals surface area contributed by atoms with Crippen molar-refractivity contribution in [1.29, 1.82) is 0 Å². The van der Waals surface area contributed by atoms with E-state index >= 15 is 0 Å². The summed E-state index contributed by atoms with van der Waals surface area (Å²) in [6.45, 7) is -0.102. The second-order valence-corrected chi connectivity index (χ2v) is 3.77. The number of pyridine rings is 1. The predicted molar refractivity (Wildman–Crippen MR) is 68.1 cm³/mol. The summed E-state index contributed by atoms with van der Waals surface area (Å²) in [7, 11) is 1.47. The Balaban J connectivity index is 2.21.